The molecule has 1 unspecified atom stereocenters. The predicted molar refractivity (Wildman–Crippen MR) is 105 cm³/mol. The first-order valence-corrected chi connectivity index (χ1v) is 8.79. The molecule has 2 aromatic heterocycles. The summed E-state index contributed by atoms with van der Waals surface area (Å²) < 4.78 is 2.48. The molecular formula is C19H19N5O5. The zero-order chi connectivity index (χ0) is 21.0. The Labute approximate surface area is 163 Å². The predicted octanol–water partition coefficient (Wildman–Crippen LogP) is -0.806. The average Bonchev–Trinajstić information content (AvgIpc) is 2.68. The summed E-state index contributed by atoms with van der Waals surface area (Å²) >= 11 is 0. The topological polar surface area (TPSA) is 139 Å². The minimum absolute atomic E-state index is 0.000589. The van der Waals surface area contributed by atoms with Gasteiger partial charge < -0.3 is 5.32 Å². The molecule has 1 atom stereocenters. The summed E-state index contributed by atoms with van der Waals surface area (Å²) in [6.07, 6.45) is 2.70. The second-order valence-electron chi connectivity index (χ2n) is 6.52. The summed E-state index contributed by atoms with van der Waals surface area (Å²) in [5.74, 6) is -0.387. The van der Waals surface area contributed by atoms with Crippen molar-refractivity contribution in [3.63, 3.8) is 0 Å². The van der Waals surface area contributed by atoms with E-state index < -0.39 is 28.5 Å². The Morgan fingerprint density at radius 2 is 1.62 bits per heavy atom. The third-order valence-electron chi connectivity index (χ3n) is 4.29. The highest BCUT2D eigenvalue weighted by atomic mass is 16.2. The number of carbonyl (C=O) groups is 1. The minimum atomic E-state index is -0.686. The Balaban J connectivity index is 1.92. The zero-order valence-corrected chi connectivity index (χ0v) is 15.5. The molecule has 0 spiro atoms. The number of H-pyrrole nitrogens is 2. The van der Waals surface area contributed by atoms with E-state index in [4.69, 9.17) is 0 Å². The van der Waals surface area contributed by atoms with Gasteiger partial charge in [-0.05, 0) is 19.1 Å². The van der Waals surface area contributed by atoms with Crippen LogP contribution in [0.15, 0.2) is 68.0 Å². The molecule has 0 radical (unpaired) electrons. The van der Waals surface area contributed by atoms with Crippen LogP contribution in [0.3, 0.4) is 0 Å². The Hall–Kier alpha value is -3.95. The van der Waals surface area contributed by atoms with Crippen LogP contribution in [0, 0.1) is 6.92 Å². The number of amides is 1. The number of aryl methyl sites for hydroxylation is 1. The third kappa shape index (κ3) is 4.86. The van der Waals surface area contributed by atoms with Crippen molar-refractivity contribution in [2.45, 2.75) is 26.1 Å². The number of rotatable bonds is 6. The standard InChI is InChI=1S/C19H19N5O5/c1-12-9-24(19(29)22-16(12)26)11-14(10-23-8-7-15(25)21-18(23)28)20-17(27)13-5-3-2-4-6-13/h2-9,14H,10-11H2,1H3,(H,20,27)(H,21,25,28)(H,22,26,29). The minimum Gasteiger partial charge on any atom is -0.346 e. The van der Waals surface area contributed by atoms with E-state index >= 15 is 0 Å². The quantitative estimate of drug-likeness (QED) is 0.499. The molecule has 0 saturated heterocycles. The molecular weight excluding hydrogens is 378 g/mol. The lowest BCUT2D eigenvalue weighted by Crippen LogP contribution is -2.46. The van der Waals surface area contributed by atoms with E-state index in [1.165, 1.54) is 27.6 Å². The smallest absolute Gasteiger partial charge is 0.328 e. The Morgan fingerprint density at radius 3 is 2.31 bits per heavy atom. The van der Waals surface area contributed by atoms with Gasteiger partial charge in [0.15, 0.2) is 0 Å². The van der Waals surface area contributed by atoms with Crippen LogP contribution in [0.4, 0.5) is 0 Å². The number of aromatic amines is 2. The lowest BCUT2D eigenvalue weighted by atomic mass is 10.2. The van der Waals surface area contributed by atoms with Crippen molar-refractivity contribution < 1.29 is 4.79 Å². The van der Waals surface area contributed by atoms with Gasteiger partial charge in [0.05, 0.1) is 6.04 Å². The van der Waals surface area contributed by atoms with Crippen molar-refractivity contribution >= 4 is 5.91 Å². The number of hydrogen-bond donors (Lipinski definition) is 3. The number of nitrogens with one attached hydrogen (secondary N) is 3. The first kappa shape index (κ1) is 19.8. The van der Waals surface area contributed by atoms with E-state index in [2.05, 4.69) is 15.3 Å². The number of aromatic nitrogens is 4. The second-order valence-corrected chi connectivity index (χ2v) is 6.52. The van der Waals surface area contributed by atoms with Crippen molar-refractivity contribution in [2.24, 2.45) is 0 Å². The monoisotopic (exact) mass is 397 g/mol. The first-order chi connectivity index (χ1) is 13.8. The molecule has 150 valence electrons. The lowest BCUT2D eigenvalue weighted by molar-refractivity contribution is 0.0927. The van der Waals surface area contributed by atoms with Crippen molar-refractivity contribution in [3.8, 4) is 0 Å². The highest BCUT2D eigenvalue weighted by Gasteiger charge is 2.17. The molecule has 10 nitrogen and oxygen atoms in total. The Kier molecular flexibility index (Phi) is 5.72. The fourth-order valence-corrected chi connectivity index (χ4v) is 2.82. The van der Waals surface area contributed by atoms with E-state index in [0.717, 1.165) is 0 Å². The van der Waals surface area contributed by atoms with Gasteiger partial charge >= 0.3 is 11.4 Å². The summed E-state index contributed by atoms with van der Waals surface area (Å²) in [5, 5.41) is 2.79. The lowest BCUT2D eigenvalue weighted by Gasteiger charge is -2.21. The van der Waals surface area contributed by atoms with Crippen LogP contribution in [-0.2, 0) is 13.1 Å². The maximum Gasteiger partial charge on any atom is 0.328 e. The molecule has 0 aliphatic heterocycles. The van der Waals surface area contributed by atoms with Gasteiger partial charge in [0.1, 0.15) is 0 Å². The van der Waals surface area contributed by atoms with E-state index in [1.54, 1.807) is 37.3 Å². The summed E-state index contributed by atoms with van der Waals surface area (Å²) in [4.78, 5) is 63.9. The van der Waals surface area contributed by atoms with E-state index in [1.807, 2.05) is 0 Å². The van der Waals surface area contributed by atoms with Crippen LogP contribution >= 0.6 is 0 Å². The number of benzene rings is 1. The highest BCUT2D eigenvalue weighted by Crippen LogP contribution is 2.01. The summed E-state index contributed by atoms with van der Waals surface area (Å²) in [7, 11) is 0. The third-order valence-corrected chi connectivity index (χ3v) is 4.29. The number of nitrogens with zero attached hydrogens (tertiary/aromatic N) is 2. The maximum absolute atomic E-state index is 12.6. The van der Waals surface area contributed by atoms with Crippen molar-refractivity contribution in [2.75, 3.05) is 0 Å². The van der Waals surface area contributed by atoms with Crippen molar-refractivity contribution in [1.82, 2.24) is 24.4 Å². The number of hydrogen-bond acceptors (Lipinski definition) is 5. The van der Waals surface area contributed by atoms with Crippen LogP contribution in [0.2, 0.25) is 0 Å². The maximum atomic E-state index is 12.6. The molecule has 3 rings (SSSR count). The molecule has 3 N–H and O–H groups in total. The molecule has 0 fully saturated rings. The van der Waals surface area contributed by atoms with Crippen molar-refractivity contribution in [3.05, 3.63) is 102 Å². The van der Waals surface area contributed by atoms with Crippen LogP contribution in [-0.4, -0.2) is 31.1 Å². The van der Waals surface area contributed by atoms with Gasteiger partial charge in [-0.3, -0.25) is 33.5 Å². The van der Waals surface area contributed by atoms with Gasteiger partial charge in [-0.2, -0.15) is 0 Å². The van der Waals surface area contributed by atoms with Gasteiger partial charge in [0.2, 0.25) is 0 Å². The fourth-order valence-electron chi connectivity index (χ4n) is 2.82. The summed E-state index contributed by atoms with van der Waals surface area (Å²) in [6.45, 7) is 1.55. The zero-order valence-electron chi connectivity index (χ0n) is 15.5. The molecule has 0 aliphatic carbocycles. The second kappa shape index (κ2) is 8.38. The van der Waals surface area contributed by atoms with Crippen LogP contribution in [0.1, 0.15) is 15.9 Å². The van der Waals surface area contributed by atoms with Crippen LogP contribution in [0.25, 0.3) is 0 Å². The summed E-state index contributed by atoms with van der Waals surface area (Å²) in [6, 6.07) is 8.97. The van der Waals surface area contributed by atoms with Crippen molar-refractivity contribution in [1.29, 1.82) is 0 Å². The fraction of sp³-hybridized carbons (Fsp3) is 0.211. The van der Waals surface area contributed by atoms with Gasteiger partial charge in [-0.1, -0.05) is 18.2 Å². The normalized spacial score (nSPS) is 11.8. The SMILES string of the molecule is Cc1cn(CC(Cn2ccc(=O)[nH]c2=O)NC(=O)c2ccccc2)c(=O)[nH]c1=O. The van der Waals surface area contributed by atoms with E-state index in [9.17, 15) is 24.0 Å². The van der Waals surface area contributed by atoms with Gasteiger partial charge in [-0.15, -0.1) is 0 Å². The van der Waals surface area contributed by atoms with Crippen LogP contribution < -0.4 is 27.8 Å². The molecule has 1 amide bonds. The first-order valence-electron chi connectivity index (χ1n) is 8.79. The average molecular weight is 397 g/mol. The van der Waals surface area contributed by atoms with E-state index in [-0.39, 0.29) is 19.0 Å². The molecule has 3 aromatic rings. The van der Waals surface area contributed by atoms with E-state index in [0.29, 0.717) is 11.1 Å². The molecule has 0 saturated carbocycles. The molecule has 0 aliphatic rings. The molecule has 0 bridgehead atoms. The molecule has 2 heterocycles. The largest absolute Gasteiger partial charge is 0.346 e. The Bertz CT molecular complexity index is 1250. The molecule has 1 aromatic carbocycles. The summed E-state index contributed by atoms with van der Waals surface area (Å²) in [5.41, 5.74) is -1.55. The van der Waals surface area contributed by atoms with Gasteiger partial charge in [0.25, 0.3) is 17.0 Å². The molecule has 10 heteroatoms. The van der Waals surface area contributed by atoms with Crippen LogP contribution in [0.5, 0.6) is 0 Å². The molecule has 29 heavy (non-hydrogen) atoms. The van der Waals surface area contributed by atoms with Gasteiger partial charge in [0, 0.05) is 42.7 Å². The Morgan fingerprint density at radius 1 is 0.966 bits per heavy atom. The number of carbonyl (C=O) groups excluding carboxylic acids is 1. The van der Waals surface area contributed by atoms with Gasteiger partial charge in [-0.25, -0.2) is 9.59 Å². The highest BCUT2D eigenvalue weighted by molar-refractivity contribution is 5.94.